The van der Waals surface area contributed by atoms with Crippen molar-refractivity contribution >= 4 is 11.9 Å². The van der Waals surface area contributed by atoms with Gasteiger partial charge in [-0.2, -0.15) is 0 Å². The third-order valence-corrected chi connectivity index (χ3v) is 3.93. The Labute approximate surface area is 96.8 Å². The molecule has 0 radical (unpaired) electrons. The van der Waals surface area contributed by atoms with Crippen LogP contribution in [-0.4, -0.2) is 6.04 Å². The van der Waals surface area contributed by atoms with Gasteiger partial charge in [0.1, 0.15) is 0 Å². The first-order chi connectivity index (χ1) is 7.34. The molecule has 0 amide bonds. The maximum absolute atomic E-state index is 3.57. The molecule has 1 aliphatic rings. The molecule has 0 atom stereocenters. The minimum Gasteiger partial charge on any atom is -0.257 e. The largest absolute Gasteiger partial charge is 0.257 e. The molecule has 1 aliphatic carbocycles. The summed E-state index contributed by atoms with van der Waals surface area (Å²) in [6.45, 7) is 2.13. The van der Waals surface area contributed by atoms with Crippen molar-refractivity contribution in [3.8, 4) is 0 Å². The van der Waals surface area contributed by atoms with E-state index in [0.717, 1.165) is 6.04 Å². The first-order valence-corrected chi connectivity index (χ1v) is 6.65. The van der Waals surface area contributed by atoms with Crippen LogP contribution < -0.4 is 4.72 Å². The quantitative estimate of drug-likeness (QED) is 0.776. The summed E-state index contributed by atoms with van der Waals surface area (Å²) in [5, 5.41) is 0. The average molecular weight is 221 g/mol. The number of hydrogen-bond donors (Lipinski definition) is 1. The minimum atomic E-state index is 0.727. The topological polar surface area (TPSA) is 12.0 Å². The van der Waals surface area contributed by atoms with E-state index in [2.05, 4.69) is 35.9 Å². The van der Waals surface area contributed by atoms with E-state index in [1.165, 1.54) is 42.6 Å². The molecular weight excluding hydrogens is 202 g/mol. The van der Waals surface area contributed by atoms with Crippen LogP contribution in [0.3, 0.4) is 0 Å². The Bertz CT molecular complexity index is 288. The van der Waals surface area contributed by atoms with E-state index < -0.39 is 0 Å². The zero-order valence-corrected chi connectivity index (χ0v) is 10.1. The standard InChI is InChI=1S/C13H19NS/c1-11-7-9-13(10-8-11)15-14-12-5-3-2-4-6-12/h7-10,12,14H,2-6H2,1H3. The van der Waals surface area contributed by atoms with Crippen LogP contribution in [0.15, 0.2) is 29.2 Å². The normalized spacial score (nSPS) is 17.9. The highest BCUT2D eigenvalue weighted by molar-refractivity contribution is 7.97. The smallest absolute Gasteiger partial charge is 0.0228 e. The van der Waals surface area contributed by atoms with Crippen molar-refractivity contribution in [1.82, 2.24) is 4.72 Å². The molecule has 1 aromatic rings. The molecule has 0 heterocycles. The Morgan fingerprint density at radius 1 is 1.07 bits per heavy atom. The summed E-state index contributed by atoms with van der Waals surface area (Å²) in [4.78, 5) is 1.33. The maximum atomic E-state index is 3.57. The molecular formula is C13H19NS. The summed E-state index contributed by atoms with van der Waals surface area (Å²) < 4.78 is 3.57. The molecule has 1 aromatic carbocycles. The van der Waals surface area contributed by atoms with E-state index in [-0.39, 0.29) is 0 Å². The summed E-state index contributed by atoms with van der Waals surface area (Å²) in [6, 6.07) is 9.45. The molecule has 1 saturated carbocycles. The van der Waals surface area contributed by atoms with Gasteiger partial charge in [0.25, 0.3) is 0 Å². The van der Waals surface area contributed by atoms with E-state index in [9.17, 15) is 0 Å². The molecule has 1 N–H and O–H groups in total. The molecule has 2 rings (SSSR count). The van der Waals surface area contributed by atoms with Gasteiger partial charge in [-0.15, -0.1) is 0 Å². The first kappa shape index (κ1) is 11.0. The molecule has 1 fully saturated rings. The summed E-state index contributed by atoms with van der Waals surface area (Å²) in [7, 11) is 0. The Kier molecular flexibility index (Phi) is 4.09. The zero-order chi connectivity index (χ0) is 10.5. The van der Waals surface area contributed by atoms with Gasteiger partial charge >= 0.3 is 0 Å². The highest BCUT2D eigenvalue weighted by Gasteiger charge is 2.12. The number of rotatable bonds is 3. The summed E-state index contributed by atoms with van der Waals surface area (Å²) in [5.74, 6) is 0. The molecule has 0 aliphatic heterocycles. The van der Waals surface area contributed by atoms with Gasteiger partial charge in [0, 0.05) is 10.9 Å². The van der Waals surface area contributed by atoms with Crippen LogP contribution in [0.1, 0.15) is 37.7 Å². The van der Waals surface area contributed by atoms with Gasteiger partial charge in [-0.1, -0.05) is 37.0 Å². The second kappa shape index (κ2) is 5.57. The SMILES string of the molecule is Cc1ccc(SNC2CCCCC2)cc1. The summed E-state index contributed by atoms with van der Waals surface area (Å²) in [6.07, 6.45) is 6.91. The number of hydrogen-bond acceptors (Lipinski definition) is 2. The third-order valence-electron chi connectivity index (χ3n) is 2.97. The maximum Gasteiger partial charge on any atom is 0.0228 e. The Balaban J connectivity index is 1.79. The molecule has 2 heteroatoms. The predicted molar refractivity (Wildman–Crippen MR) is 67.0 cm³/mol. The highest BCUT2D eigenvalue weighted by Crippen LogP contribution is 2.22. The van der Waals surface area contributed by atoms with Crippen molar-refractivity contribution < 1.29 is 0 Å². The van der Waals surface area contributed by atoms with Crippen LogP contribution >= 0.6 is 11.9 Å². The van der Waals surface area contributed by atoms with Gasteiger partial charge < -0.3 is 0 Å². The van der Waals surface area contributed by atoms with Gasteiger partial charge in [0.15, 0.2) is 0 Å². The number of benzene rings is 1. The van der Waals surface area contributed by atoms with Crippen LogP contribution in [0.25, 0.3) is 0 Å². The van der Waals surface area contributed by atoms with Crippen LogP contribution in [0, 0.1) is 6.92 Å². The average Bonchev–Trinajstić information content (AvgIpc) is 2.30. The lowest BCUT2D eigenvalue weighted by molar-refractivity contribution is 0.423. The van der Waals surface area contributed by atoms with Crippen molar-refractivity contribution in [3.63, 3.8) is 0 Å². The highest BCUT2D eigenvalue weighted by atomic mass is 32.2. The number of nitrogens with one attached hydrogen (secondary N) is 1. The van der Waals surface area contributed by atoms with Gasteiger partial charge in [-0.25, -0.2) is 0 Å². The van der Waals surface area contributed by atoms with Crippen LogP contribution in [0.5, 0.6) is 0 Å². The van der Waals surface area contributed by atoms with Crippen LogP contribution in [0.4, 0.5) is 0 Å². The Morgan fingerprint density at radius 2 is 1.73 bits per heavy atom. The monoisotopic (exact) mass is 221 g/mol. The van der Waals surface area contributed by atoms with Gasteiger partial charge in [0.05, 0.1) is 0 Å². The number of aryl methyl sites for hydroxylation is 1. The molecule has 0 spiro atoms. The fraction of sp³-hybridized carbons (Fsp3) is 0.538. The van der Waals surface area contributed by atoms with Gasteiger partial charge in [-0.05, 0) is 43.8 Å². The lowest BCUT2D eigenvalue weighted by Gasteiger charge is -2.22. The summed E-state index contributed by atoms with van der Waals surface area (Å²) in [5.41, 5.74) is 1.33. The van der Waals surface area contributed by atoms with Crippen molar-refractivity contribution in [2.24, 2.45) is 0 Å². The van der Waals surface area contributed by atoms with Gasteiger partial charge in [0.2, 0.25) is 0 Å². The second-order valence-electron chi connectivity index (χ2n) is 4.37. The lowest BCUT2D eigenvalue weighted by Crippen LogP contribution is -2.25. The van der Waals surface area contributed by atoms with Crippen molar-refractivity contribution in [1.29, 1.82) is 0 Å². The fourth-order valence-electron chi connectivity index (χ4n) is 1.98. The lowest BCUT2D eigenvalue weighted by atomic mass is 9.96. The molecule has 15 heavy (non-hydrogen) atoms. The molecule has 82 valence electrons. The molecule has 0 saturated heterocycles. The van der Waals surface area contributed by atoms with Crippen LogP contribution in [0.2, 0.25) is 0 Å². The van der Waals surface area contributed by atoms with Crippen molar-refractivity contribution in [2.75, 3.05) is 0 Å². The zero-order valence-electron chi connectivity index (χ0n) is 9.33. The van der Waals surface area contributed by atoms with Crippen molar-refractivity contribution in [2.45, 2.75) is 50.0 Å². The fourth-order valence-corrected chi connectivity index (χ4v) is 2.79. The molecule has 0 bridgehead atoms. The van der Waals surface area contributed by atoms with E-state index >= 15 is 0 Å². The minimum absolute atomic E-state index is 0.727. The second-order valence-corrected chi connectivity index (χ2v) is 5.28. The molecule has 0 unspecified atom stereocenters. The summed E-state index contributed by atoms with van der Waals surface area (Å²) >= 11 is 1.79. The Hall–Kier alpha value is -0.470. The third kappa shape index (κ3) is 3.54. The Morgan fingerprint density at radius 3 is 2.40 bits per heavy atom. The van der Waals surface area contributed by atoms with E-state index in [4.69, 9.17) is 0 Å². The predicted octanol–water partition coefficient (Wildman–Crippen LogP) is 3.92. The first-order valence-electron chi connectivity index (χ1n) is 5.83. The van der Waals surface area contributed by atoms with Crippen molar-refractivity contribution in [3.05, 3.63) is 29.8 Å². The van der Waals surface area contributed by atoms with Gasteiger partial charge in [-0.3, -0.25) is 4.72 Å². The van der Waals surface area contributed by atoms with E-state index in [1.54, 1.807) is 11.9 Å². The van der Waals surface area contributed by atoms with E-state index in [0.29, 0.717) is 0 Å². The van der Waals surface area contributed by atoms with E-state index in [1.807, 2.05) is 0 Å². The molecule has 1 nitrogen and oxygen atoms in total. The molecule has 0 aromatic heterocycles. The van der Waals surface area contributed by atoms with Crippen LogP contribution in [-0.2, 0) is 0 Å².